The number of fused-ring (bicyclic) bond motifs is 3. The molecule has 1 aromatic carbocycles. The number of primary sulfonamides is 1. The fourth-order valence-corrected chi connectivity index (χ4v) is 5.32. The molecule has 9 heteroatoms. The van der Waals surface area contributed by atoms with E-state index >= 15 is 0 Å². The van der Waals surface area contributed by atoms with E-state index in [2.05, 4.69) is 36.0 Å². The third-order valence-corrected chi connectivity index (χ3v) is 7.16. The van der Waals surface area contributed by atoms with Gasteiger partial charge >= 0.3 is 0 Å². The molecule has 30 heavy (non-hydrogen) atoms. The van der Waals surface area contributed by atoms with Gasteiger partial charge in [-0.1, -0.05) is 36.6 Å². The number of sulfonamides is 1. The van der Waals surface area contributed by atoms with Gasteiger partial charge in [0.15, 0.2) is 5.17 Å². The Kier molecular flexibility index (Phi) is 5.08. The summed E-state index contributed by atoms with van der Waals surface area (Å²) in [6.45, 7) is 9.80. The van der Waals surface area contributed by atoms with E-state index in [0.717, 1.165) is 16.8 Å². The number of nitrogens with two attached hydrogens (primary N) is 1. The fourth-order valence-electron chi connectivity index (χ4n) is 3.62. The normalized spacial score (nSPS) is 22.4. The molecule has 2 aliphatic rings. The highest BCUT2D eigenvalue weighted by atomic mass is 32.2. The number of aromatic nitrogens is 1. The number of aromatic amines is 1. The number of thioether (sulfide) groups is 1. The minimum Gasteiger partial charge on any atom is -0.489 e. The van der Waals surface area contributed by atoms with Crippen LogP contribution in [-0.2, 0) is 10.0 Å². The van der Waals surface area contributed by atoms with Crippen LogP contribution in [0.15, 0.2) is 46.9 Å². The van der Waals surface area contributed by atoms with E-state index in [1.807, 2.05) is 26.1 Å². The zero-order valence-corrected chi connectivity index (χ0v) is 18.6. The Hall–Kier alpha value is -2.49. The van der Waals surface area contributed by atoms with Crippen molar-refractivity contribution >= 4 is 44.8 Å². The Balaban J connectivity index is 1.70. The molecule has 2 aromatic rings. The Bertz CT molecular complexity index is 1180. The molecular weight excluding hydrogens is 420 g/mol. The second kappa shape index (κ2) is 7.33. The number of nitrogens with one attached hydrogen (secondary N) is 2. The molecule has 1 aliphatic heterocycles. The van der Waals surface area contributed by atoms with Crippen LogP contribution in [0.25, 0.3) is 12.2 Å². The van der Waals surface area contributed by atoms with E-state index in [4.69, 9.17) is 14.9 Å². The van der Waals surface area contributed by atoms with Gasteiger partial charge in [-0.2, -0.15) is 0 Å². The Morgan fingerprint density at radius 3 is 2.87 bits per heavy atom. The van der Waals surface area contributed by atoms with Crippen LogP contribution in [0.5, 0.6) is 5.75 Å². The molecule has 0 spiro atoms. The number of rotatable bonds is 5. The van der Waals surface area contributed by atoms with Crippen LogP contribution < -0.4 is 15.2 Å². The molecule has 158 valence electrons. The summed E-state index contributed by atoms with van der Waals surface area (Å²) < 4.78 is 29.2. The number of aliphatic imine (C=N–C) groups is 1. The molecular formula is C21H24N4O3S2. The summed E-state index contributed by atoms with van der Waals surface area (Å²) in [5.74, 6) is 0.533. The Labute approximate surface area is 180 Å². The van der Waals surface area contributed by atoms with Gasteiger partial charge in [0.25, 0.3) is 0 Å². The van der Waals surface area contributed by atoms with E-state index in [9.17, 15) is 8.42 Å². The second-order valence-corrected chi connectivity index (χ2v) is 10.8. The zero-order chi connectivity index (χ0) is 21.7. The van der Waals surface area contributed by atoms with Gasteiger partial charge in [-0.25, -0.2) is 13.6 Å². The van der Waals surface area contributed by atoms with Gasteiger partial charge in [0, 0.05) is 17.5 Å². The smallest absolute Gasteiger partial charge is 0.238 e. The minimum absolute atomic E-state index is 0.00973. The van der Waals surface area contributed by atoms with Crippen molar-refractivity contribution in [1.82, 2.24) is 4.98 Å². The number of benzene rings is 1. The van der Waals surface area contributed by atoms with Gasteiger partial charge < -0.3 is 15.0 Å². The quantitative estimate of drug-likeness (QED) is 0.642. The first-order valence-electron chi connectivity index (χ1n) is 9.51. The van der Waals surface area contributed by atoms with Crippen LogP contribution in [0.1, 0.15) is 43.6 Å². The number of nitrogens with zero attached hydrogens (tertiary/aromatic N) is 1. The van der Waals surface area contributed by atoms with Crippen molar-refractivity contribution in [2.45, 2.75) is 42.6 Å². The molecule has 0 saturated heterocycles. The van der Waals surface area contributed by atoms with E-state index < -0.39 is 10.0 Å². The summed E-state index contributed by atoms with van der Waals surface area (Å²) in [6, 6.07) is 4.42. The van der Waals surface area contributed by atoms with Gasteiger partial charge in [-0.05, 0) is 44.5 Å². The van der Waals surface area contributed by atoms with Gasteiger partial charge in [-0.3, -0.25) is 4.99 Å². The summed E-state index contributed by atoms with van der Waals surface area (Å²) in [7, 11) is -3.85. The lowest BCUT2D eigenvalue weighted by Crippen LogP contribution is -2.26. The zero-order valence-electron chi connectivity index (χ0n) is 17.0. The van der Waals surface area contributed by atoms with Crippen molar-refractivity contribution in [3.05, 3.63) is 53.9 Å². The van der Waals surface area contributed by atoms with Gasteiger partial charge in [0.1, 0.15) is 11.8 Å². The predicted molar refractivity (Wildman–Crippen MR) is 123 cm³/mol. The number of anilines is 1. The number of amidine groups is 1. The molecule has 0 bridgehead atoms. The third kappa shape index (κ3) is 3.68. The van der Waals surface area contributed by atoms with Crippen molar-refractivity contribution in [2.24, 2.45) is 10.1 Å². The van der Waals surface area contributed by atoms with E-state index in [1.54, 1.807) is 17.8 Å². The van der Waals surface area contributed by atoms with E-state index in [-0.39, 0.29) is 21.8 Å². The standard InChI is InChI=1S/C21H24N4O3S2/c1-5-13-11-23-18-15(13)8-9-21(4)19(18)25-20(29-21)24-16-10-14(30(22,26)27)6-7-17(16)28-12(2)3/h5-12,19,23H,1H2,2-4H3,(H,24,25)(H2,22,26,27). The average Bonchev–Trinajstić information content (AvgIpc) is 3.21. The number of ether oxygens (including phenoxy) is 1. The van der Waals surface area contributed by atoms with Crippen LogP contribution in [0.2, 0.25) is 0 Å². The molecule has 1 aromatic heterocycles. The first-order valence-corrected chi connectivity index (χ1v) is 11.9. The number of hydrogen-bond donors (Lipinski definition) is 3. The predicted octanol–water partition coefficient (Wildman–Crippen LogP) is 4.13. The van der Waals surface area contributed by atoms with Crippen molar-refractivity contribution in [1.29, 1.82) is 0 Å². The maximum absolute atomic E-state index is 11.8. The summed E-state index contributed by atoms with van der Waals surface area (Å²) in [5, 5.41) is 9.25. The molecule has 0 fully saturated rings. The molecule has 2 unspecified atom stereocenters. The molecule has 0 amide bonds. The van der Waals surface area contributed by atoms with Crippen molar-refractivity contribution in [3.8, 4) is 5.75 Å². The molecule has 2 atom stereocenters. The largest absolute Gasteiger partial charge is 0.489 e. The van der Waals surface area contributed by atoms with Crippen LogP contribution in [-0.4, -0.2) is 29.4 Å². The highest BCUT2D eigenvalue weighted by molar-refractivity contribution is 8.15. The molecule has 0 saturated carbocycles. The first-order chi connectivity index (χ1) is 14.1. The first kappa shape index (κ1) is 20.8. The van der Waals surface area contributed by atoms with Crippen LogP contribution in [0, 0.1) is 0 Å². The average molecular weight is 445 g/mol. The number of hydrogen-bond acceptors (Lipinski definition) is 6. The monoisotopic (exact) mass is 444 g/mol. The molecule has 0 radical (unpaired) electrons. The molecule has 7 nitrogen and oxygen atoms in total. The molecule has 4 rings (SSSR count). The van der Waals surface area contributed by atoms with Gasteiger partial charge in [-0.15, -0.1) is 0 Å². The lowest BCUT2D eigenvalue weighted by Gasteiger charge is -2.28. The van der Waals surface area contributed by atoms with Crippen molar-refractivity contribution in [3.63, 3.8) is 0 Å². The Morgan fingerprint density at radius 1 is 1.43 bits per heavy atom. The van der Waals surface area contributed by atoms with Crippen molar-refractivity contribution < 1.29 is 13.2 Å². The van der Waals surface area contributed by atoms with E-state index in [0.29, 0.717) is 16.6 Å². The summed E-state index contributed by atoms with van der Waals surface area (Å²) >= 11 is 1.58. The third-order valence-electron chi connectivity index (χ3n) is 5.05. The maximum atomic E-state index is 11.8. The lowest BCUT2D eigenvalue weighted by atomic mass is 9.89. The van der Waals surface area contributed by atoms with Crippen LogP contribution in [0.4, 0.5) is 5.69 Å². The molecule has 4 N–H and O–H groups in total. The van der Waals surface area contributed by atoms with Crippen LogP contribution >= 0.6 is 11.8 Å². The SMILES string of the molecule is C=Cc1c[nH]c2c1C=CC1(C)SC(Nc3cc(S(N)(=O)=O)ccc3OC(C)C)=NC21. The highest BCUT2D eigenvalue weighted by Crippen LogP contribution is 2.52. The van der Waals surface area contributed by atoms with Gasteiger partial charge in [0.05, 0.1) is 21.4 Å². The lowest BCUT2D eigenvalue weighted by molar-refractivity contribution is 0.243. The topological polar surface area (TPSA) is 110 Å². The van der Waals surface area contributed by atoms with Crippen molar-refractivity contribution in [2.75, 3.05) is 5.32 Å². The molecule has 2 heterocycles. The summed E-state index contributed by atoms with van der Waals surface area (Å²) in [5.41, 5.74) is 3.68. The summed E-state index contributed by atoms with van der Waals surface area (Å²) in [6.07, 6.45) is 7.92. The number of H-pyrrole nitrogens is 1. The maximum Gasteiger partial charge on any atom is 0.238 e. The van der Waals surface area contributed by atoms with Crippen LogP contribution in [0.3, 0.4) is 0 Å². The Morgan fingerprint density at radius 2 is 2.20 bits per heavy atom. The molecule has 1 aliphatic carbocycles. The van der Waals surface area contributed by atoms with Gasteiger partial charge in [0.2, 0.25) is 10.0 Å². The second-order valence-electron chi connectivity index (χ2n) is 7.73. The van der Waals surface area contributed by atoms with E-state index in [1.165, 1.54) is 12.1 Å². The highest BCUT2D eigenvalue weighted by Gasteiger charge is 2.44. The minimum atomic E-state index is -3.85. The fraction of sp³-hybridized carbons (Fsp3) is 0.286. The summed E-state index contributed by atoms with van der Waals surface area (Å²) in [4.78, 5) is 8.24.